The van der Waals surface area contributed by atoms with E-state index in [9.17, 15) is 0 Å². The van der Waals surface area contributed by atoms with Crippen LogP contribution >= 0.6 is 24.8 Å². The number of rotatable bonds is 0. The predicted octanol–water partition coefficient (Wildman–Crippen LogP) is 4.33. The maximum Gasteiger partial charge on any atom is 0 e. The first-order valence-electron chi connectivity index (χ1n) is 4.32. The van der Waals surface area contributed by atoms with Crippen LogP contribution in [0, 0.1) is 20.8 Å². The molecule has 0 nitrogen and oxygen atoms in total. The van der Waals surface area contributed by atoms with Gasteiger partial charge in [0.2, 0.25) is 0 Å². The second-order valence-electron chi connectivity index (χ2n) is 3.56. The van der Waals surface area contributed by atoms with Crippen LogP contribution in [-0.2, 0) is 26.2 Å². The van der Waals surface area contributed by atoms with Gasteiger partial charge in [-0.05, 0) is 6.92 Å². The molecule has 0 radical (unpaired) electrons. The second-order valence-corrected chi connectivity index (χ2v) is 3.56. The van der Waals surface area contributed by atoms with Crippen LogP contribution in [0.4, 0.5) is 0 Å². The van der Waals surface area contributed by atoms with E-state index in [0.717, 1.165) is 0 Å². The van der Waals surface area contributed by atoms with Crippen LogP contribution < -0.4 is 0 Å². The van der Waals surface area contributed by atoms with Gasteiger partial charge in [0.1, 0.15) is 0 Å². The third-order valence-electron chi connectivity index (χ3n) is 2.42. The fourth-order valence-electron chi connectivity index (χ4n) is 1.97. The molecule has 0 aromatic heterocycles. The number of aryl methyl sites for hydroxylation is 3. The van der Waals surface area contributed by atoms with E-state index in [2.05, 4.69) is 45.0 Å². The maximum absolute atomic E-state index is 2.25. The van der Waals surface area contributed by atoms with Crippen LogP contribution in [0.15, 0.2) is 24.3 Å². The minimum atomic E-state index is 0. The molecule has 0 saturated heterocycles. The van der Waals surface area contributed by atoms with E-state index in [1.165, 1.54) is 27.5 Å². The minimum absolute atomic E-state index is 0. The quantitative estimate of drug-likeness (QED) is 0.634. The van der Waals surface area contributed by atoms with Crippen molar-refractivity contribution in [3.05, 3.63) is 41.0 Å². The van der Waals surface area contributed by atoms with Crippen LogP contribution in [0.5, 0.6) is 0 Å². The first kappa shape index (κ1) is 17.7. The summed E-state index contributed by atoms with van der Waals surface area (Å²) in [5, 5.41) is 2.81. The second kappa shape index (κ2) is 6.79. The summed E-state index contributed by atoms with van der Waals surface area (Å²) in [6.45, 7) is 6.50. The van der Waals surface area contributed by atoms with Gasteiger partial charge < -0.3 is 0 Å². The molecule has 3 heteroatoms. The van der Waals surface area contributed by atoms with E-state index in [4.69, 9.17) is 0 Å². The molecule has 0 spiro atoms. The van der Waals surface area contributed by atoms with Crippen LogP contribution in [0.3, 0.4) is 0 Å². The number of hydrogen-bond donors (Lipinski definition) is 0. The minimum Gasteiger partial charge on any atom is -0.168 e. The summed E-state index contributed by atoms with van der Waals surface area (Å²) in [6, 6.07) is 8.88. The van der Waals surface area contributed by atoms with E-state index in [-0.39, 0.29) is 51.0 Å². The van der Waals surface area contributed by atoms with Gasteiger partial charge in [-0.1, -0.05) is 25.5 Å². The SMILES string of the molecule is Cc1cc(C)c2c(cc[c-]2C)c1.Cl.Cl.[Zr]. The summed E-state index contributed by atoms with van der Waals surface area (Å²) < 4.78 is 0. The largest absolute Gasteiger partial charge is 0.168 e. The smallest absolute Gasteiger partial charge is 0 e. The van der Waals surface area contributed by atoms with Crippen molar-refractivity contribution in [1.82, 2.24) is 0 Å². The molecule has 0 atom stereocenters. The van der Waals surface area contributed by atoms with Gasteiger partial charge in [0.05, 0.1) is 0 Å². The number of hydrogen-bond acceptors (Lipinski definition) is 0. The van der Waals surface area contributed by atoms with E-state index in [1.807, 2.05) is 0 Å². The van der Waals surface area contributed by atoms with Gasteiger partial charge in [-0.15, -0.1) is 52.8 Å². The first-order chi connectivity index (χ1) is 5.68. The fraction of sp³-hybridized carbons (Fsp3) is 0.250. The molecular formula is C12H15Cl2Zr-. The Morgan fingerprint density at radius 1 is 1.07 bits per heavy atom. The van der Waals surface area contributed by atoms with E-state index in [1.54, 1.807) is 0 Å². The summed E-state index contributed by atoms with van der Waals surface area (Å²) in [5.74, 6) is 0. The number of benzene rings is 1. The van der Waals surface area contributed by atoms with Crippen molar-refractivity contribution in [2.45, 2.75) is 20.8 Å². The molecule has 0 N–H and O–H groups in total. The molecule has 0 bridgehead atoms. The Morgan fingerprint density at radius 2 is 1.67 bits per heavy atom. The molecule has 2 rings (SSSR count). The molecule has 0 aliphatic rings. The standard InChI is InChI=1S/C12H13.2ClH.Zr/c1-8-6-10(3)12-9(2)4-5-11(12)7-8;;;/h4-7H,1-3H3;2*1H;/q-1;;;. The summed E-state index contributed by atoms with van der Waals surface area (Å²) in [7, 11) is 0. The summed E-state index contributed by atoms with van der Waals surface area (Å²) in [6.07, 6.45) is 0. The van der Waals surface area contributed by atoms with Crippen molar-refractivity contribution in [2.24, 2.45) is 0 Å². The Morgan fingerprint density at radius 3 is 2.27 bits per heavy atom. The van der Waals surface area contributed by atoms with Crippen molar-refractivity contribution in [2.75, 3.05) is 0 Å². The first-order valence-corrected chi connectivity index (χ1v) is 4.32. The average Bonchev–Trinajstić information content (AvgIpc) is 2.31. The molecule has 0 heterocycles. The third kappa shape index (κ3) is 3.38. The molecule has 82 valence electrons. The third-order valence-corrected chi connectivity index (χ3v) is 2.42. The van der Waals surface area contributed by atoms with Gasteiger partial charge >= 0.3 is 0 Å². The Balaban J connectivity index is 0. The van der Waals surface area contributed by atoms with Crippen LogP contribution in [0.2, 0.25) is 0 Å². The van der Waals surface area contributed by atoms with Gasteiger partial charge in [0.25, 0.3) is 0 Å². The molecule has 0 aliphatic carbocycles. The molecule has 2 aromatic carbocycles. The van der Waals surface area contributed by atoms with Crippen molar-refractivity contribution >= 4 is 35.6 Å². The summed E-state index contributed by atoms with van der Waals surface area (Å²) in [5.41, 5.74) is 4.14. The molecule has 15 heavy (non-hydrogen) atoms. The van der Waals surface area contributed by atoms with Crippen LogP contribution in [0.1, 0.15) is 16.7 Å². The Bertz CT molecular complexity index is 432. The molecule has 0 amide bonds. The van der Waals surface area contributed by atoms with Gasteiger partial charge in [-0.25, -0.2) is 0 Å². The average molecular weight is 321 g/mol. The van der Waals surface area contributed by atoms with Crippen molar-refractivity contribution in [3.63, 3.8) is 0 Å². The zero-order valence-electron chi connectivity index (χ0n) is 9.13. The maximum atomic E-state index is 2.25. The molecule has 0 saturated carbocycles. The molecule has 0 aliphatic heterocycles. The van der Waals surface area contributed by atoms with Gasteiger partial charge in [0, 0.05) is 26.2 Å². The Hall–Kier alpha value is 0.293. The normalized spacial score (nSPS) is 8.73. The number of fused-ring (bicyclic) bond motifs is 1. The van der Waals surface area contributed by atoms with Crippen molar-refractivity contribution in [1.29, 1.82) is 0 Å². The molecular weight excluding hydrogens is 306 g/mol. The zero-order valence-corrected chi connectivity index (χ0v) is 13.2. The van der Waals surface area contributed by atoms with Crippen LogP contribution in [0.25, 0.3) is 10.8 Å². The zero-order chi connectivity index (χ0) is 8.72. The summed E-state index contributed by atoms with van der Waals surface area (Å²) >= 11 is 0. The van der Waals surface area contributed by atoms with E-state index >= 15 is 0 Å². The van der Waals surface area contributed by atoms with Crippen LogP contribution in [-0.4, -0.2) is 0 Å². The fourth-order valence-corrected chi connectivity index (χ4v) is 1.97. The van der Waals surface area contributed by atoms with Crippen molar-refractivity contribution < 1.29 is 26.2 Å². The molecule has 2 aromatic rings. The number of halogens is 2. The summed E-state index contributed by atoms with van der Waals surface area (Å²) in [4.78, 5) is 0. The predicted molar refractivity (Wildman–Crippen MR) is 68.2 cm³/mol. The topological polar surface area (TPSA) is 0 Å². The Labute approximate surface area is 123 Å². The van der Waals surface area contributed by atoms with E-state index < -0.39 is 0 Å². The van der Waals surface area contributed by atoms with Gasteiger partial charge in [-0.3, -0.25) is 0 Å². The van der Waals surface area contributed by atoms with E-state index in [0.29, 0.717) is 0 Å². The van der Waals surface area contributed by atoms with Gasteiger partial charge in [0.15, 0.2) is 0 Å². The molecule has 0 unspecified atom stereocenters. The van der Waals surface area contributed by atoms with Crippen molar-refractivity contribution in [3.8, 4) is 0 Å². The van der Waals surface area contributed by atoms with Gasteiger partial charge in [-0.2, -0.15) is 12.1 Å². The monoisotopic (exact) mass is 319 g/mol. The molecule has 0 fully saturated rings. The Kier molecular flexibility index (Phi) is 8.00.